The maximum atomic E-state index is 9.37. The van der Waals surface area contributed by atoms with Crippen molar-refractivity contribution in [3.05, 3.63) is 42.0 Å². The van der Waals surface area contributed by atoms with E-state index in [-0.39, 0.29) is 6.61 Å². The number of aliphatic hydroxyl groups excluding tert-OH is 1. The van der Waals surface area contributed by atoms with Crippen molar-refractivity contribution in [2.24, 2.45) is 5.92 Å². The molecule has 0 aromatic heterocycles. The zero-order chi connectivity index (χ0) is 16.5. The van der Waals surface area contributed by atoms with Crippen LogP contribution in [0.25, 0.3) is 6.08 Å². The van der Waals surface area contributed by atoms with E-state index in [4.69, 9.17) is 0 Å². The lowest BCUT2D eigenvalue weighted by molar-refractivity contribution is 0.0621. The normalized spacial score (nSPS) is 20.6. The fraction of sp³-hybridized carbons (Fsp3) is 0.600. The number of hydrogen-bond donors (Lipinski definition) is 1. The van der Waals surface area contributed by atoms with Crippen molar-refractivity contribution in [2.45, 2.75) is 32.7 Å². The summed E-state index contributed by atoms with van der Waals surface area (Å²) in [4.78, 5) is 5.08. The number of piperazine rings is 1. The monoisotopic (exact) mass is 316 g/mol. The molecule has 3 nitrogen and oxygen atoms in total. The number of aliphatic hydroxyl groups is 1. The number of hydrogen-bond acceptors (Lipinski definition) is 3. The van der Waals surface area contributed by atoms with Gasteiger partial charge in [-0.15, -0.1) is 0 Å². The SMILES string of the molecule is CC(C)CCN1CCN(C/C=C/c2ccccc2)C[C@@H]1CCO. The van der Waals surface area contributed by atoms with E-state index in [2.05, 4.69) is 60.1 Å². The van der Waals surface area contributed by atoms with Crippen molar-refractivity contribution in [2.75, 3.05) is 39.3 Å². The van der Waals surface area contributed by atoms with E-state index in [9.17, 15) is 5.11 Å². The lowest BCUT2D eigenvalue weighted by Crippen LogP contribution is -2.53. The average molecular weight is 316 g/mol. The van der Waals surface area contributed by atoms with E-state index < -0.39 is 0 Å². The molecule has 1 aliphatic heterocycles. The average Bonchev–Trinajstić information content (AvgIpc) is 2.55. The first kappa shape index (κ1) is 18.2. The molecule has 1 aromatic carbocycles. The first-order chi connectivity index (χ1) is 11.2. The summed E-state index contributed by atoms with van der Waals surface area (Å²) in [5.41, 5.74) is 1.26. The van der Waals surface area contributed by atoms with Crippen molar-refractivity contribution in [1.29, 1.82) is 0 Å². The van der Waals surface area contributed by atoms with Crippen LogP contribution in [0, 0.1) is 5.92 Å². The Kier molecular flexibility index (Phi) is 7.80. The molecule has 0 unspecified atom stereocenters. The van der Waals surface area contributed by atoms with Gasteiger partial charge < -0.3 is 5.11 Å². The highest BCUT2D eigenvalue weighted by Crippen LogP contribution is 2.15. The minimum Gasteiger partial charge on any atom is -0.396 e. The second kappa shape index (κ2) is 9.86. The minimum absolute atomic E-state index is 0.288. The fourth-order valence-electron chi connectivity index (χ4n) is 3.17. The van der Waals surface area contributed by atoms with Crippen LogP contribution in [0.2, 0.25) is 0 Å². The molecule has 0 bridgehead atoms. The molecule has 0 amide bonds. The smallest absolute Gasteiger partial charge is 0.0446 e. The Morgan fingerprint density at radius 3 is 2.70 bits per heavy atom. The number of benzene rings is 1. The Hall–Kier alpha value is -1.16. The topological polar surface area (TPSA) is 26.7 Å². The molecular weight excluding hydrogens is 284 g/mol. The van der Waals surface area contributed by atoms with Crippen LogP contribution in [0.15, 0.2) is 36.4 Å². The van der Waals surface area contributed by atoms with Crippen molar-refractivity contribution in [3.63, 3.8) is 0 Å². The zero-order valence-corrected chi connectivity index (χ0v) is 14.7. The molecule has 1 aromatic rings. The third-order valence-electron chi connectivity index (χ3n) is 4.62. The van der Waals surface area contributed by atoms with Crippen LogP contribution in [0.1, 0.15) is 32.3 Å². The quantitative estimate of drug-likeness (QED) is 0.798. The van der Waals surface area contributed by atoms with Crippen LogP contribution in [-0.4, -0.2) is 60.3 Å². The number of nitrogens with zero attached hydrogens (tertiary/aromatic N) is 2. The summed E-state index contributed by atoms with van der Waals surface area (Å²) in [6.07, 6.45) is 6.59. The summed E-state index contributed by atoms with van der Waals surface area (Å²) in [6.45, 7) is 10.3. The van der Waals surface area contributed by atoms with Gasteiger partial charge in [0.15, 0.2) is 0 Å². The van der Waals surface area contributed by atoms with Crippen LogP contribution in [-0.2, 0) is 0 Å². The van der Waals surface area contributed by atoms with E-state index in [1.165, 1.54) is 12.0 Å². The molecule has 1 N–H and O–H groups in total. The first-order valence-electron chi connectivity index (χ1n) is 8.98. The molecular formula is C20H32N2O. The third kappa shape index (κ3) is 6.46. The maximum absolute atomic E-state index is 9.37. The molecule has 3 heteroatoms. The van der Waals surface area contributed by atoms with E-state index in [1.807, 2.05) is 6.07 Å². The van der Waals surface area contributed by atoms with E-state index in [1.54, 1.807) is 0 Å². The Morgan fingerprint density at radius 2 is 2.00 bits per heavy atom. The molecule has 0 aliphatic carbocycles. The summed E-state index contributed by atoms with van der Waals surface area (Å²) in [5.74, 6) is 0.747. The summed E-state index contributed by atoms with van der Waals surface area (Å²) in [7, 11) is 0. The highest BCUT2D eigenvalue weighted by molar-refractivity contribution is 5.48. The summed E-state index contributed by atoms with van der Waals surface area (Å²) < 4.78 is 0. The van der Waals surface area contributed by atoms with Gasteiger partial charge in [0.2, 0.25) is 0 Å². The van der Waals surface area contributed by atoms with Gasteiger partial charge in [-0.25, -0.2) is 0 Å². The summed E-state index contributed by atoms with van der Waals surface area (Å²) >= 11 is 0. The molecule has 0 spiro atoms. The Morgan fingerprint density at radius 1 is 1.22 bits per heavy atom. The van der Waals surface area contributed by atoms with Crippen LogP contribution in [0.4, 0.5) is 0 Å². The standard InChI is InChI=1S/C20H32N2O/c1-18(2)10-13-22-15-14-21(17-20(22)11-16-23)12-6-9-19-7-4-3-5-8-19/h3-9,18,20,23H,10-17H2,1-2H3/b9-6+/t20-/m0/s1. The van der Waals surface area contributed by atoms with Crippen LogP contribution in [0.5, 0.6) is 0 Å². The van der Waals surface area contributed by atoms with Gasteiger partial charge in [0, 0.05) is 38.8 Å². The van der Waals surface area contributed by atoms with Crippen molar-refractivity contribution >= 4 is 6.08 Å². The molecule has 1 heterocycles. The van der Waals surface area contributed by atoms with Gasteiger partial charge in [-0.2, -0.15) is 0 Å². The Bertz CT molecular complexity index is 458. The minimum atomic E-state index is 0.288. The lowest BCUT2D eigenvalue weighted by Gasteiger charge is -2.41. The van der Waals surface area contributed by atoms with Crippen molar-refractivity contribution < 1.29 is 5.11 Å². The van der Waals surface area contributed by atoms with Crippen molar-refractivity contribution in [3.8, 4) is 0 Å². The van der Waals surface area contributed by atoms with Crippen LogP contribution in [0.3, 0.4) is 0 Å². The maximum Gasteiger partial charge on any atom is 0.0446 e. The van der Waals surface area contributed by atoms with Gasteiger partial charge in [0.25, 0.3) is 0 Å². The van der Waals surface area contributed by atoms with E-state index in [0.717, 1.165) is 45.1 Å². The Balaban J connectivity index is 1.82. The van der Waals surface area contributed by atoms with Crippen molar-refractivity contribution in [1.82, 2.24) is 9.80 Å². The zero-order valence-electron chi connectivity index (χ0n) is 14.7. The van der Waals surface area contributed by atoms with Gasteiger partial charge in [0.1, 0.15) is 0 Å². The number of rotatable bonds is 8. The molecule has 128 valence electrons. The Labute approximate surface area is 141 Å². The lowest BCUT2D eigenvalue weighted by atomic mass is 10.1. The van der Waals surface area contributed by atoms with Gasteiger partial charge in [-0.05, 0) is 30.9 Å². The van der Waals surface area contributed by atoms with Gasteiger partial charge in [0.05, 0.1) is 0 Å². The molecule has 23 heavy (non-hydrogen) atoms. The van der Waals surface area contributed by atoms with Crippen LogP contribution >= 0.6 is 0 Å². The summed E-state index contributed by atoms with van der Waals surface area (Å²) in [6, 6.07) is 11.0. The van der Waals surface area contributed by atoms with E-state index >= 15 is 0 Å². The third-order valence-corrected chi connectivity index (χ3v) is 4.62. The summed E-state index contributed by atoms with van der Waals surface area (Å²) in [5, 5.41) is 9.37. The van der Waals surface area contributed by atoms with E-state index in [0.29, 0.717) is 6.04 Å². The molecule has 2 rings (SSSR count). The molecule has 0 radical (unpaired) electrons. The largest absolute Gasteiger partial charge is 0.396 e. The molecule has 1 saturated heterocycles. The predicted octanol–water partition coefficient (Wildman–Crippen LogP) is 3.11. The molecule has 1 aliphatic rings. The molecule has 0 saturated carbocycles. The second-order valence-corrected chi connectivity index (χ2v) is 6.96. The van der Waals surface area contributed by atoms with Crippen LogP contribution < -0.4 is 0 Å². The highest BCUT2D eigenvalue weighted by atomic mass is 16.3. The predicted molar refractivity (Wildman–Crippen MR) is 98.4 cm³/mol. The molecule has 1 atom stereocenters. The van der Waals surface area contributed by atoms with Gasteiger partial charge in [-0.1, -0.05) is 56.3 Å². The van der Waals surface area contributed by atoms with Gasteiger partial charge >= 0.3 is 0 Å². The highest BCUT2D eigenvalue weighted by Gasteiger charge is 2.25. The fourth-order valence-corrected chi connectivity index (χ4v) is 3.17. The second-order valence-electron chi connectivity index (χ2n) is 6.96. The molecule has 1 fully saturated rings. The van der Waals surface area contributed by atoms with Gasteiger partial charge in [-0.3, -0.25) is 9.80 Å². The first-order valence-corrected chi connectivity index (χ1v) is 8.98.